The topological polar surface area (TPSA) is 125 Å². The monoisotopic (exact) mass is 432 g/mol. The van der Waals surface area contributed by atoms with Gasteiger partial charge in [0, 0.05) is 34.1 Å². The molecule has 0 atom stereocenters. The Bertz CT molecular complexity index is 1220. The molecule has 154 valence electrons. The van der Waals surface area contributed by atoms with Crippen molar-refractivity contribution in [1.82, 2.24) is 0 Å². The minimum Gasteiger partial charge on any atom is -0.326 e. The van der Waals surface area contributed by atoms with E-state index in [1.807, 2.05) is 6.07 Å². The number of carbonyl (C=O) groups is 2. The molecule has 0 unspecified atom stereocenters. The van der Waals surface area contributed by atoms with Gasteiger partial charge in [-0.1, -0.05) is 12.1 Å². The number of para-hydroxylation sites is 1. The number of hydrogen-bond donors (Lipinski definition) is 2. The van der Waals surface area contributed by atoms with Crippen LogP contribution in [0.3, 0.4) is 0 Å². The summed E-state index contributed by atoms with van der Waals surface area (Å²) in [5.74, 6) is -0.793. The molecule has 8 nitrogen and oxygen atoms in total. The van der Waals surface area contributed by atoms with E-state index in [1.54, 1.807) is 54.6 Å². The van der Waals surface area contributed by atoms with Crippen LogP contribution < -0.4 is 10.6 Å². The third-order valence-electron chi connectivity index (χ3n) is 4.11. The fourth-order valence-corrected chi connectivity index (χ4v) is 3.73. The average Bonchev–Trinajstić information content (AvgIpc) is 3.21. The Kier molecular flexibility index (Phi) is 6.54. The van der Waals surface area contributed by atoms with Crippen molar-refractivity contribution in [3.05, 3.63) is 81.2 Å². The number of amides is 2. The molecule has 0 aliphatic rings. The van der Waals surface area contributed by atoms with Crippen molar-refractivity contribution in [1.29, 1.82) is 5.26 Å². The number of nitro groups is 1. The molecular formula is C22H16N4O4S. The molecule has 1 heterocycles. The highest BCUT2D eigenvalue weighted by molar-refractivity contribution is 7.16. The molecule has 3 rings (SSSR count). The van der Waals surface area contributed by atoms with Gasteiger partial charge in [-0.05, 0) is 48.5 Å². The number of thiophene rings is 1. The molecular weight excluding hydrogens is 416 g/mol. The van der Waals surface area contributed by atoms with Crippen LogP contribution >= 0.6 is 11.3 Å². The van der Waals surface area contributed by atoms with Crippen LogP contribution in [0.2, 0.25) is 0 Å². The average molecular weight is 432 g/mol. The summed E-state index contributed by atoms with van der Waals surface area (Å²) in [6, 6.07) is 18.1. The predicted molar refractivity (Wildman–Crippen MR) is 119 cm³/mol. The lowest BCUT2D eigenvalue weighted by Crippen LogP contribution is -2.13. The van der Waals surface area contributed by atoms with Gasteiger partial charge in [0.15, 0.2) is 0 Å². The molecule has 0 bridgehead atoms. The zero-order valence-electron chi connectivity index (χ0n) is 16.3. The van der Waals surface area contributed by atoms with Crippen molar-refractivity contribution in [2.24, 2.45) is 0 Å². The fourth-order valence-electron chi connectivity index (χ4n) is 2.75. The molecule has 0 radical (unpaired) electrons. The van der Waals surface area contributed by atoms with Crippen molar-refractivity contribution in [2.45, 2.75) is 6.92 Å². The standard InChI is InChI=1S/C22H16N4O4S/c1-14(27)24-16-6-8-17(9-7-16)25-22(28)15(13-23)12-18-10-11-21(31-18)19-4-2-3-5-20(19)26(29)30/h2-12H,1H3,(H,24,27)(H,25,28)/b15-12+. The third kappa shape index (κ3) is 5.41. The minimum atomic E-state index is -0.588. The molecule has 3 aromatic rings. The number of anilines is 2. The maximum absolute atomic E-state index is 12.5. The second-order valence-electron chi connectivity index (χ2n) is 6.36. The summed E-state index contributed by atoms with van der Waals surface area (Å²) in [5.41, 5.74) is 1.40. The summed E-state index contributed by atoms with van der Waals surface area (Å²) in [6.07, 6.45) is 1.43. The number of nitrogens with zero attached hydrogens (tertiary/aromatic N) is 2. The van der Waals surface area contributed by atoms with E-state index in [9.17, 15) is 25.0 Å². The van der Waals surface area contributed by atoms with E-state index in [2.05, 4.69) is 10.6 Å². The van der Waals surface area contributed by atoms with Crippen molar-refractivity contribution in [3.8, 4) is 16.5 Å². The molecule has 2 aromatic carbocycles. The second kappa shape index (κ2) is 9.47. The molecule has 0 fully saturated rings. The Morgan fingerprint density at radius 1 is 1.03 bits per heavy atom. The Balaban J connectivity index is 1.78. The number of hydrogen-bond acceptors (Lipinski definition) is 6. The number of rotatable bonds is 6. The smallest absolute Gasteiger partial charge is 0.278 e. The Morgan fingerprint density at radius 2 is 1.68 bits per heavy atom. The number of carbonyl (C=O) groups excluding carboxylic acids is 2. The summed E-state index contributed by atoms with van der Waals surface area (Å²) in [4.78, 5) is 35.6. The van der Waals surface area contributed by atoms with Crippen molar-refractivity contribution < 1.29 is 14.5 Å². The van der Waals surface area contributed by atoms with Gasteiger partial charge in [-0.2, -0.15) is 5.26 Å². The number of nitriles is 1. The van der Waals surface area contributed by atoms with Crippen molar-refractivity contribution in [3.63, 3.8) is 0 Å². The van der Waals surface area contributed by atoms with Gasteiger partial charge in [0.2, 0.25) is 5.91 Å². The Morgan fingerprint density at radius 3 is 2.29 bits per heavy atom. The van der Waals surface area contributed by atoms with E-state index in [-0.39, 0.29) is 17.2 Å². The minimum absolute atomic E-state index is 0.0131. The van der Waals surface area contributed by atoms with Gasteiger partial charge < -0.3 is 10.6 Å². The molecule has 9 heteroatoms. The number of benzene rings is 2. The van der Waals surface area contributed by atoms with Gasteiger partial charge in [-0.3, -0.25) is 19.7 Å². The van der Waals surface area contributed by atoms with E-state index >= 15 is 0 Å². The zero-order chi connectivity index (χ0) is 22.4. The van der Waals surface area contributed by atoms with Crippen LogP contribution in [0.1, 0.15) is 11.8 Å². The second-order valence-corrected chi connectivity index (χ2v) is 7.47. The molecule has 31 heavy (non-hydrogen) atoms. The summed E-state index contributed by atoms with van der Waals surface area (Å²) < 4.78 is 0. The SMILES string of the molecule is CC(=O)Nc1ccc(NC(=O)/C(C#N)=C/c2ccc(-c3ccccc3[N+](=O)[O-])s2)cc1. The van der Waals surface area contributed by atoms with Gasteiger partial charge in [-0.25, -0.2) is 0 Å². The zero-order valence-corrected chi connectivity index (χ0v) is 17.1. The van der Waals surface area contributed by atoms with E-state index < -0.39 is 10.8 Å². The van der Waals surface area contributed by atoms with Gasteiger partial charge in [0.05, 0.1) is 10.5 Å². The maximum atomic E-state index is 12.5. The molecule has 0 saturated heterocycles. The molecule has 2 amide bonds. The molecule has 2 N–H and O–H groups in total. The van der Waals surface area contributed by atoms with Crippen LogP contribution in [0.15, 0.2) is 66.2 Å². The Labute approximate surface area is 181 Å². The van der Waals surface area contributed by atoms with Crippen LogP contribution in [-0.2, 0) is 9.59 Å². The van der Waals surface area contributed by atoms with Crippen molar-refractivity contribution >= 4 is 46.3 Å². The third-order valence-corrected chi connectivity index (χ3v) is 5.17. The van der Waals surface area contributed by atoms with Gasteiger partial charge in [0.1, 0.15) is 11.6 Å². The largest absolute Gasteiger partial charge is 0.326 e. The van der Waals surface area contributed by atoms with Crippen LogP contribution in [0.25, 0.3) is 16.5 Å². The van der Waals surface area contributed by atoms with E-state index in [1.165, 1.54) is 30.4 Å². The molecule has 0 spiro atoms. The number of nitro benzene ring substituents is 1. The quantitative estimate of drug-likeness (QED) is 0.250. The molecule has 1 aromatic heterocycles. The van der Waals surface area contributed by atoms with Crippen LogP contribution in [0.4, 0.5) is 17.1 Å². The predicted octanol–water partition coefficient (Wildman–Crippen LogP) is 4.83. The summed E-state index contributed by atoms with van der Waals surface area (Å²) in [6.45, 7) is 1.39. The van der Waals surface area contributed by atoms with E-state index in [0.717, 1.165) is 0 Å². The highest BCUT2D eigenvalue weighted by Crippen LogP contribution is 2.35. The maximum Gasteiger partial charge on any atom is 0.278 e. The molecule has 0 aliphatic carbocycles. The lowest BCUT2D eigenvalue weighted by atomic mass is 10.1. The van der Waals surface area contributed by atoms with Crippen LogP contribution in [0, 0.1) is 21.4 Å². The van der Waals surface area contributed by atoms with Crippen molar-refractivity contribution in [2.75, 3.05) is 10.6 Å². The van der Waals surface area contributed by atoms with Crippen LogP contribution in [-0.4, -0.2) is 16.7 Å². The van der Waals surface area contributed by atoms with E-state index in [0.29, 0.717) is 26.7 Å². The summed E-state index contributed by atoms with van der Waals surface area (Å²) in [5, 5.41) is 25.9. The first kappa shape index (κ1) is 21.4. The van der Waals surface area contributed by atoms with Gasteiger partial charge in [-0.15, -0.1) is 11.3 Å². The van der Waals surface area contributed by atoms with Crippen LogP contribution in [0.5, 0.6) is 0 Å². The first-order valence-corrected chi connectivity index (χ1v) is 9.83. The first-order chi connectivity index (χ1) is 14.9. The first-order valence-electron chi connectivity index (χ1n) is 9.02. The Hall–Kier alpha value is -4.29. The number of nitrogens with one attached hydrogen (secondary N) is 2. The van der Waals surface area contributed by atoms with Gasteiger partial charge >= 0.3 is 0 Å². The molecule has 0 aliphatic heterocycles. The lowest BCUT2D eigenvalue weighted by Gasteiger charge is -2.06. The lowest BCUT2D eigenvalue weighted by molar-refractivity contribution is -0.384. The fraction of sp³-hybridized carbons (Fsp3) is 0.0455. The summed E-state index contributed by atoms with van der Waals surface area (Å²) in [7, 11) is 0. The highest BCUT2D eigenvalue weighted by atomic mass is 32.1. The molecule has 0 saturated carbocycles. The highest BCUT2D eigenvalue weighted by Gasteiger charge is 2.16. The van der Waals surface area contributed by atoms with Gasteiger partial charge in [0.25, 0.3) is 11.6 Å². The van der Waals surface area contributed by atoms with E-state index in [4.69, 9.17) is 0 Å². The normalized spacial score (nSPS) is 10.8. The summed E-state index contributed by atoms with van der Waals surface area (Å²) >= 11 is 1.24.